The van der Waals surface area contributed by atoms with Crippen molar-refractivity contribution in [1.82, 2.24) is 10.6 Å². The van der Waals surface area contributed by atoms with Crippen LogP contribution in [-0.2, 0) is 19.1 Å². The van der Waals surface area contributed by atoms with Gasteiger partial charge in [-0.1, -0.05) is 48.5 Å². The molecule has 3 N–H and O–H groups in total. The fourth-order valence-corrected chi connectivity index (χ4v) is 4.43. The summed E-state index contributed by atoms with van der Waals surface area (Å²) in [7, 11) is 1.39. The normalized spacial score (nSPS) is 20.2. The molecule has 4 atom stereocenters. The number of carbonyl (C=O) groups excluding carboxylic acids is 2. The highest BCUT2D eigenvalue weighted by molar-refractivity contribution is 5.87. The zero-order chi connectivity index (χ0) is 23.5. The van der Waals surface area contributed by atoms with Crippen molar-refractivity contribution in [3.63, 3.8) is 0 Å². The Kier molecular flexibility index (Phi) is 6.65. The summed E-state index contributed by atoms with van der Waals surface area (Å²) >= 11 is 0. The third-order valence-electron chi connectivity index (χ3n) is 6.52. The van der Waals surface area contributed by atoms with Crippen molar-refractivity contribution < 1.29 is 29.0 Å². The van der Waals surface area contributed by atoms with E-state index in [1.165, 1.54) is 7.11 Å². The lowest BCUT2D eigenvalue weighted by molar-refractivity contribution is -0.145. The number of carboxylic acids is 1. The zero-order valence-corrected chi connectivity index (χ0v) is 18.6. The molecule has 4 rings (SSSR count). The fraction of sp³-hybridized carbons (Fsp3) is 0.400. The van der Waals surface area contributed by atoms with Crippen LogP contribution in [-0.4, -0.2) is 55.5 Å². The first kappa shape index (κ1) is 22.8. The topological polar surface area (TPSA) is 114 Å². The molecule has 8 heteroatoms. The second-order valence-corrected chi connectivity index (χ2v) is 8.57. The van der Waals surface area contributed by atoms with Crippen LogP contribution < -0.4 is 10.6 Å². The van der Waals surface area contributed by atoms with Crippen LogP contribution in [0.3, 0.4) is 0 Å². The van der Waals surface area contributed by atoms with Crippen molar-refractivity contribution in [1.29, 1.82) is 0 Å². The average Bonchev–Trinajstić information content (AvgIpc) is 3.54. The lowest BCUT2D eigenvalue weighted by Crippen LogP contribution is -2.49. The minimum atomic E-state index is -1.15. The first-order chi connectivity index (χ1) is 15.9. The van der Waals surface area contributed by atoms with Gasteiger partial charge in [0.05, 0.1) is 6.10 Å². The maximum absolute atomic E-state index is 12.4. The predicted molar refractivity (Wildman–Crippen MR) is 121 cm³/mol. The van der Waals surface area contributed by atoms with E-state index in [1.807, 2.05) is 24.3 Å². The molecule has 2 aromatic rings. The Bertz CT molecular complexity index is 1010. The van der Waals surface area contributed by atoms with E-state index in [0.29, 0.717) is 13.0 Å². The van der Waals surface area contributed by atoms with E-state index in [0.717, 1.165) is 22.3 Å². The largest absolute Gasteiger partial charge is 0.480 e. The molecule has 33 heavy (non-hydrogen) atoms. The van der Waals surface area contributed by atoms with Crippen molar-refractivity contribution >= 4 is 18.0 Å². The van der Waals surface area contributed by atoms with Crippen LogP contribution in [0.4, 0.5) is 4.79 Å². The molecule has 8 nitrogen and oxygen atoms in total. The number of benzene rings is 2. The monoisotopic (exact) mass is 452 g/mol. The quantitative estimate of drug-likeness (QED) is 0.539. The molecule has 0 radical (unpaired) electrons. The van der Waals surface area contributed by atoms with Crippen LogP contribution in [0, 0.1) is 11.8 Å². The molecule has 0 aromatic heterocycles. The van der Waals surface area contributed by atoms with Crippen molar-refractivity contribution in [3.8, 4) is 11.1 Å². The molecule has 0 heterocycles. The number of fused-ring (bicyclic) bond motifs is 3. The Morgan fingerprint density at radius 2 is 1.67 bits per heavy atom. The van der Waals surface area contributed by atoms with Gasteiger partial charge in [-0.05, 0) is 41.5 Å². The van der Waals surface area contributed by atoms with Crippen LogP contribution in [0.25, 0.3) is 11.1 Å². The van der Waals surface area contributed by atoms with Gasteiger partial charge in [-0.3, -0.25) is 4.79 Å². The molecule has 0 unspecified atom stereocenters. The van der Waals surface area contributed by atoms with Crippen LogP contribution in [0.15, 0.2) is 48.5 Å². The number of nitrogens with one attached hydrogen (secondary N) is 2. The Morgan fingerprint density at radius 1 is 1.06 bits per heavy atom. The fourth-order valence-electron chi connectivity index (χ4n) is 4.43. The number of rotatable bonds is 9. The van der Waals surface area contributed by atoms with Crippen molar-refractivity contribution in [3.05, 3.63) is 59.7 Å². The molecular weight excluding hydrogens is 424 g/mol. The number of aliphatic carboxylic acids is 1. The average molecular weight is 453 g/mol. The first-order valence-electron chi connectivity index (χ1n) is 11.1. The Balaban J connectivity index is 1.25. The van der Waals surface area contributed by atoms with E-state index in [2.05, 4.69) is 34.9 Å². The number of hydrogen-bond acceptors (Lipinski definition) is 5. The van der Waals surface area contributed by atoms with E-state index in [4.69, 9.17) is 9.47 Å². The summed E-state index contributed by atoms with van der Waals surface area (Å²) in [6, 6.07) is 15.1. The number of ether oxygens (including phenoxy) is 2. The van der Waals surface area contributed by atoms with Crippen LogP contribution in [0.2, 0.25) is 0 Å². The van der Waals surface area contributed by atoms with Crippen molar-refractivity contribution in [2.24, 2.45) is 11.8 Å². The molecular formula is C25H28N2O6. The molecule has 174 valence electrons. The van der Waals surface area contributed by atoms with E-state index < -0.39 is 24.2 Å². The van der Waals surface area contributed by atoms with Crippen LogP contribution in [0.1, 0.15) is 30.4 Å². The summed E-state index contributed by atoms with van der Waals surface area (Å²) in [4.78, 5) is 36.0. The zero-order valence-electron chi connectivity index (χ0n) is 18.6. The molecule has 1 saturated carbocycles. The number of hydrogen-bond donors (Lipinski definition) is 3. The molecule has 0 aliphatic heterocycles. The second kappa shape index (κ2) is 9.62. The van der Waals surface area contributed by atoms with Gasteiger partial charge in [-0.15, -0.1) is 0 Å². The summed E-state index contributed by atoms with van der Waals surface area (Å²) in [6.45, 7) is 2.11. The van der Waals surface area contributed by atoms with Gasteiger partial charge in [-0.2, -0.15) is 0 Å². The van der Waals surface area contributed by atoms with E-state index in [-0.39, 0.29) is 30.3 Å². The smallest absolute Gasteiger partial charge is 0.407 e. The molecule has 2 amide bonds. The molecule has 2 aromatic carbocycles. The van der Waals surface area contributed by atoms with Gasteiger partial charge in [0.25, 0.3) is 0 Å². The summed E-state index contributed by atoms with van der Waals surface area (Å²) in [6.07, 6.45) is -0.592. The highest BCUT2D eigenvalue weighted by Gasteiger charge is 2.44. The third kappa shape index (κ3) is 4.85. The molecule has 0 bridgehead atoms. The highest BCUT2D eigenvalue weighted by atomic mass is 16.5. The SMILES string of the molecule is CO[C@H](C)[C@H](NC(=O)[C@H]1C[C@H]1CNC(=O)OCC1c2ccccc2-c2ccccc21)C(=O)O. The maximum Gasteiger partial charge on any atom is 0.407 e. The summed E-state index contributed by atoms with van der Waals surface area (Å²) < 4.78 is 10.5. The van der Waals surface area contributed by atoms with E-state index in [9.17, 15) is 19.5 Å². The first-order valence-corrected chi connectivity index (χ1v) is 11.1. The van der Waals surface area contributed by atoms with Gasteiger partial charge in [0.2, 0.25) is 5.91 Å². The lowest BCUT2D eigenvalue weighted by atomic mass is 9.98. The predicted octanol–water partition coefficient (Wildman–Crippen LogP) is 2.77. The highest BCUT2D eigenvalue weighted by Crippen LogP contribution is 2.44. The van der Waals surface area contributed by atoms with Gasteiger partial charge in [-0.25, -0.2) is 9.59 Å². The van der Waals surface area contributed by atoms with Gasteiger partial charge < -0.3 is 25.2 Å². The Hall–Kier alpha value is -3.39. The molecule has 0 spiro atoms. The van der Waals surface area contributed by atoms with Crippen LogP contribution in [0.5, 0.6) is 0 Å². The Labute approximate surface area is 192 Å². The van der Waals surface area contributed by atoms with Gasteiger partial charge >= 0.3 is 12.1 Å². The van der Waals surface area contributed by atoms with E-state index >= 15 is 0 Å². The minimum Gasteiger partial charge on any atom is -0.480 e. The van der Waals surface area contributed by atoms with Gasteiger partial charge in [0, 0.05) is 25.5 Å². The maximum atomic E-state index is 12.4. The van der Waals surface area contributed by atoms with Gasteiger partial charge in [0.1, 0.15) is 6.61 Å². The summed E-state index contributed by atoms with van der Waals surface area (Å²) in [5.74, 6) is -1.88. The third-order valence-corrected chi connectivity index (χ3v) is 6.52. The summed E-state index contributed by atoms with van der Waals surface area (Å²) in [5, 5.41) is 14.5. The molecule has 1 fully saturated rings. The number of methoxy groups -OCH3 is 1. The number of carbonyl (C=O) groups is 3. The molecule has 0 saturated heterocycles. The van der Waals surface area contributed by atoms with Crippen molar-refractivity contribution in [2.45, 2.75) is 31.4 Å². The lowest BCUT2D eigenvalue weighted by Gasteiger charge is -2.20. The van der Waals surface area contributed by atoms with E-state index in [1.54, 1.807) is 6.92 Å². The van der Waals surface area contributed by atoms with Crippen LogP contribution >= 0.6 is 0 Å². The number of amides is 2. The van der Waals surface area contributed by atoms with Gasteiger partial charge in [0.15, 0.2) is 6.04 Å². The summed E-state index contributed by atoms with van der Waals surface area (Å²) in [5.41, 5.74) is 4.61. The standard InChI is InChI=1S/C25H28N2O6/c1-14(32-2)22(24(29)30)27-23(28)20-11-15(20)12-26-25(31)33-13-21-18-9-5-3-7-16(18)17-8-4-6-10-19(17)21/h3-10,14-15,20-22H,11-13H2,1-2H3,(H,26,31)(H,27,28)(H,29,30)/t14-,15+,20+,22+/m1/s1. The minimum absolute atomic E-state index is 0.0154. The number of carboxylic acid groups (broad SMARTS) is 1. The second-order valence-electron chi connectivity index (χ2n) is 8.57. The number of alkyl carbamates (subject to hydrolysis) is 1. The Morgan fingerprint density at radius 3 is 2.24 bits per heavy atom. The van der Waals surface area contributed by atoms with Crippen molar-refractivity contribution in [2.75, 3.05) is 20.3 Å². The molecule has 2 aliphatic carbocycles. The molecule has 2 aliphatic rings.